The molecule has 0 aromatic carbocycles. The molecule has 0 spiro atoms. The highest BCUT2D eigenvalue weighted by molar-refractivity contribution is 7.09. The van der Waals surface area contributed by atoms with Crippen LogP contribution in [0.15, 0.2) is 5.38 Å². The largest absolute Gasteiger partial charge is 0.395 e. The van der Waals surface area contributed by atoms with Crippen LogP contribution in [0.2, 0.25) is 0 Å². The second-order valence-corrected chi connectivity index (χ2v) is 4.62. The number of nitrogens with zero attached hydrogens (tertiary/aromatic N) is 1. The van der Waals surface area contributed by atoms with Gasteiger partial charge in [0.2, 0.25) is 0 Å². The Labute approximate surface area is 89.5 Å². The maximum Gasteiger partial charge on any atom is 0.395 e. The summed E-state index contributed by atoms with van der Waals surface area (Å²) in [7, 11) is 0. The van der Waals surface area contributed by atoms with Crippen molar-refractivity contribution in [1.29, 1.82) is 0 Å². The second-order valence-electron chi connectivity index (χ2n) is 3.68. The molecule has 1 fully saturated rings. The molecule has 1 aromatic rings. The summed E-state index contributed by atoms with van der Waals surface area (Å²) in [5.41, 5.74) is 0.714. The Morgan fingerprint density at radius 1 is 1.47 bits per heavy atom. The third kappa shape index (κ3) is 3.79. The summed E-state index contributed by atoms with van der Waals surface area (Å²) in [5, 5.41) is 5.05. The molecule has 0 aliphatic heterocycles. The number of halogens is 3. The molecular weight excluding hydrogens is 225 g/mol. The maximum atomic E-state index is 12.0. The summed E-state index contributed by atoms with van der Waals surface area (Å²) < 4.78 is 36.1. The molecule has 6 heteroatoms. The van der Waals surface area contributed by atoms with E-state index in [1.54, 1.807) is 5.38 Å². The number of hydrogen-bond donors (Lipinski definition) is 1. The van der Waals surface area contributed by atoms with Crippen LogP contribution in [0.25, 0.3) is 0 Å². The molecule has 1 heterocycles. The molecule has 0 saturated heterocycles. The van der Waals surface area contributed by atoms with Crippen molar-refractivity contribution in [3.8, 4) is 0 Å². The highest BCUT2D eigenvalue weighted by Crippen LogP contribution is 2.24. The van der Waals surface area contributed by atoms with Crippen LogP contribution in [-0.4, -0.2) is 17.2 Å². The summed E-state index contributed by atoms with van der Waals surface area (Å²) in [6, 6.07) is 0.553. The zero-order valence-corrected chi connectivity index (χ0v) is 8.79. The Hall–Kier alpha value is -0.620. The third-order valence-electron chi connectivity index (χ3n) is 2.10. The number of hydrogen-bond acceptors (Lipinski definition) is 3. The highest BCUT2D eigenvalue weighted by atomic mass is 32.1. The van der Waals surface area contributed by atoms with Crippen LogP contribution < -0.4 is 5.32 Å². The lowest BCUT2D eigenvalue weighted by molar-refractivity contribution is -0.127. The summed E-state index contributed by atoms with van der Waals surface area (Å²) in [6.07, 6.45) is -2.74. The van der Waals surface area contributed by atoms with E-state index >= 15 is 0 Å². The van der Waals surface area contributed by atoms with Gasteiger partial charge in [-0.1, -0.05) is 0 Å². The van der Waals surface area contributed by atoms with E-state index in [0.717, 1.165) is 11.3 Å². The minimum absolute atomic E-state index is 0.148. The van der Waals surface area contributed by atoms with Crippen molar-refractivity contribution < 1.29 is 13.2 Å². The van der Waals surface area contributed by atoms with Crippen molar-refractivity contribution in [3.63, 3.8) is 0 Å². The highest BCUT2D eigenvalue weighted by Gasteiger charge is 2.29. The number of nitrogens with one attached hydrogen (secondary N) is 1. The first-order valence-electron chi connectivity index (χ1n) is 4.76. The minimum atomic E-state index is -4.15. The molecule has 1 saturated carbocycles. The molecule has 1 aliphatic rings. The summed E-state index contributed by atoms with van der Waals surface area (Å²) >= 11 is 1.08. The Morgan fingerprint density at radius 2 is 2.20 bits per heavy atom. The number of alkyl halides is 3. The van der Waals surface area contributed by atoms with E-state index in [2.05, 4.69) is 10.3 Å². The normalized spacial score (nSPS) is 17.0. The van der Waals surface area contributed by atoms with Crippen molar-refractivity contribution in [2.75, 3.05) is 0 Å². The standard InChI is InChI=1S/C9H11F3N2S/c10-9(11,12)3-8-14-7(5-15-8)4-13-6-1-2-6/h5-6,13H,1-4H2. The molecule has 1 N–H and O–H groups in total. The fraction of sp³-hybridized carbons (Fsp3) is 0.667. The van der Waals surface area contributed by atoms with E-state index in [0.29, 0.717) is 18.3 Å². The average Bonchev–Trinajstić information content (AvgIpc) is 2.83. The van der Waals surface area contributed by atoms with Crippen LogP contribution in [0.5, 0.6) is 0 Å². The Bertz CT molecular complexity index is 330. The van der Waals surface area contributed by atoms with E-state index in [9.17, 15) is 13.2 Å². The second kappa shape index (κ2) is 4.09. The van der Waals surface area contributed by atoms with Crippen molar-refractivity contribution in [2.45, 2.75) is 38.0 Å². The molecule has 0 unspecified atom stereocenters. The molecule has 1 aromatic heterocycles. The lowest BCUT2D eigenvalue weighted by Crippen LogP contribution is -2.16. The van der Waals surface area contributed by atoms with Crippen molar-refractivity contribution in [3.05, 3.63) is 16.1 Å². The van der Waals surface area contributed by atoms with E-state index in [4.69, 9.17) is 0 Å². The topological polar surface area (TPSA) is 24.9 Å². The molecular formula is C9H11F3N2S. The lowest BCUT2D eigenvalue weighted by atomic mass is 10.4. The zero-order valence-electron chi connectivity index (χ0n) is 7.97. The van der Waals surface area contributed by atoms with Crippen LogP contribution in [0, 0.1) is 0 Å². The average molecular weight is 236 g/mol. The van der Waals surface area contributed by atoms with E-state index < -0.39 is 12.6 Å². The Balaban J connectivity index is 1.85. The fourth-order valence-corrected chi connectivity index (χ4v) is 2.04. The van der Waals surface area contributed by atoms with Gasteiger partial charge in [0.05, 0.1) is 12.1 Å². The predicted octanol–water partition coefficient (Wildman–Crippen LogP) is 2.50. The number of rotatable bonds is 4. The monoisotopic (exact) mass is 236 g/mol. The van der Waals surface area contributed by atoms with E-state index in [1.807, 2.05) is 0 Å². The number of thiazole rings is 1. The molecule has 2 nitrogen and oxygen atoms in total. The number of aromatic nitrogens is 1. The summed E-state index contributed by atoms with van der Waals surface area (Å²) in [6.45, 7) is 0.582. The molecule has 1 aliphatic carbocycles. The van der Waals surface area contributed by atoms with Crippen LogP contribution in [-0.2, 0) is 13.0 Å². The van der Waals surface area contributed by atoms with Gasteiger partial charge in [-0.3, -0.25) is 0 Å². The van der Waals surface area contributed by atoms with Crippen LogP contribution in [0.4, 0.5) is 13.2 Å². The van der Waals surface area contributed by atoms with Gasteiger partial charge < -0.3 is 5.32 Å². The first-order chi connectivity index (χ1) is 7.03. The fourth-order valence-electron chi connectivity index (χ4n) is 1.22. The van der Waals surface area contributed by atoms with Gasteiger partial charge in [0.15, 0.2) is 0 Å². The first-order valence-corrected chi connectivity index (χ1v) is 5.64. The maximum absolute atomic E-state index is 12.0. The lowest BCUT2D eigenvalue weighted by Gasteiger charge is -2.02. The molecule has 15 heavy (non-hydrogen) atoms. The van der Waals surface area contributed by atoms with Gasteiger partial charge in [0.25, 0.3) is 0 Å². The van der Waals surface area contributed by atoms with Crippen LogP contribution >= 0.6 is 11.3 Å². The van der Waals surface area contributed by atoms with Gasteiger partial charge in [-0.05, 0) is 12.8 Å². The molecule has 2 rings (SSSR count). The summed E-state index contributed by atoms with van der Waals surface area (Å²) in [4.78, 5) is 3.93. The van der Waals surface area contributed by atoms with Crippen molar-refractivity contribution >= 4 is 11.3 Å². The SMILES string of the molecule is FC(F)(F)Cc1nc(CNC2CC2)cs1. The van der Waals surface area contributed by atoms with Gasteiger partial charge in [-0.2, -0.15) is 13.2 Å². The van der Waals surface area contributed by atoms with E-state index in [1.165, 1.54) is 12.8 Å². The third-order valence-corrected chi connectivity index (χ3v) is 3.00. The van der Waals surface area contributed by atoms with Gasteiger partial charge in [0.1, 0.15) is 5.01 Å². The molecule has 0 bridgehead atoms. The zero-order chi connectivity index (χ0) is 10.9. The Morgan fingerprint density at radius 3 is 2.80 bits per heavy atom. The molecule has 0 amide bonds. The van der Waals surface area contributed by atoms with Crippen molar-refractivity contribution in [1.82, 2.24) is 10.3 Å². The molecule has 84 valence electrons. The molecule has 0 atom stereocenters. The van der Waals surface area contributed by atoms with Gasteiger partial charge >= 0.3 is 6.18 Å². The summed E-state index contributed by atoms with van der Waals surface area (Å²) in [5.74, 6) is 0. The quantitative estimate of drug-likeness (QED) is 0.868. The van der Waals surface area contributed by atoms with Crippen LogP contribution in [0.1, 0.15) is 23.5 Å². The smallest absolute Gasteiger partial charge is 0.308 e. The van der Waals surface area contributed by atoms with Gasteiger partial charge in [0, 0.05) is 18.0 Å². The van der Waals surface area contributed by atoms with Gasteiger partial charge in [-0.25, -0.2) is 4.98 Å². The molecule has 0 radical (unpaired) electrons. The Kier molecular flexibility index (Phi) is 2.97. The van der Waals surface area contributed by atoms with Crippen molar-refractivity contribution in [2.24, 2.45) is 0 Å². The van der Waals surface area contributed by atoms with Gasteiger partial charge in [-0.15, -0.1) is 11.3 Å². The predicted molar refractivity (Wildman–Crippen MR) is 51.7 cm³/mol. The van der Waals surface area contributed by atoms with Crippen LogP contribution in [0.3, 0.4) is 0 Å². The minimum Gasteiger partial charge on any atom is -0.308 e. The first kappa shape index (κ1) is 10.9. The van der Waals surface area contributed by atoms with E-state index in [-0.39, 0.29) is 5.01 Å².